The van der Waals surface area contributed by atoms with E-state index in [4.69, 9.17) is 0 Å². The molecule has 0 bridgehead atoms. The van der Waals surface area contributed by atoms with Crippen LogP contribution in [0.1, 0.15) is 31.7 Å². The van der Waals surface area contributed by atoms with Gasteiger partial charge in [-0.25, -0.2) is 9.78 Å². The number of nitrogens with one attached hydrogen (secondary N) is 2. The van der Waals surface area contributed by atoms with E-state index < -0.39 is 0 Å². The molecular formula is C17H18N4O2. The van der Waals surface area contributed by atoms with Gasteiger partial charge in [0.15, 0.2) is 0 Å². The van der Waals surface area contributed by atoms with E-state index in [1.807, 2.05) is 12.1 Å². The van der Waals surface area contributed by atoms with Crippen LogP contribution in [0, 0.1) is 5.92 Å². The molecular weight excluding hydrogens is 292 g/mol. The average molecular weight is 310 g/mol. The number of nitrogens with zero attached hydrogens (tertiary/aromatic N) is 2. The summed E-state index contributed by atoms with van der Waals surface area (Å²) in [6, 6.07) is 1.97. The van der Waals surface area contributed by atoms with Crippen LogP contribution in [0.25, 0.3) is 21.9 Å². The van der Waals surface area contributed by atoms with Crippen LogP contribution in [0.5, 0.6) is 0 Å². The number of pyridine rings is 1. The molecule has 0 unspecified atom stereocenters. The summed E-state index contributed by atoms with van der Waals surface area (Å²) in [5.74, 6) is 0.518. The maximum Gasteiger partial charge on any atom is 0.329 e. The second-order valence-corrected chi connectivity index (χ2v) is 6.19. The van der Waals surface area contributed by atoms with E-state index >= 15 is 0 Å². The van der Waals surface area contributed by atoms with Gasteiger partial charge in [0.2, 0.25) is 0 Å². The topological polar surface area (TPSA) is 83.5 Å². The summed E-state index contributed by atoms with van der Waals surface area (Å²) in [7, 11) is 0. The van der Waals surface area contributed by atoms with E-state index in [2.05, 4.69) is 21.5 Å². The lowest BCUT2D eigenvalue weighted by Crippen LogP contribution is -2.34. The van der Waals surface area contributed by atoms with Gasteiger partial charge in [-0.2, -0.15) is 0 Å². The highest BCUT2D eigenvalue weighted by atomic mass is 16.2. The highest BCUT2D eigenvalue weighted by Crippen LogP contribution is 2.34. The molecule has 1 fully saturated rings. The van der Waals surface area contributed by atoms with Crippen molar-refractivity contribution in [2.24, 2.45) is 5.92 Å². The molecule has 6 heteroatoms. The van der Waals surface area contributed by atoms with Gasteiger partial charge < -0.3 is 4.98 Å². The third kappa shape index (κ3) is 2.13. The van der Waals surface area contributed by atoms with E-state index in [9.17, 15) is 9.59 Å². The summed E-state index contributed by atoms with van der Waals surface area (Å²) in [6.45, 7) is 3.87. The average Bonchev–Trinajstić information content (AvgIpc) is 3.04. The third-order valence-corrected chi connectivity index (χ3v) is 4.92. The number of hydrogen-bond acceptors (Lipinski definition) is 3. The minimum atomic E-state index is -0.378. The van der Waals surface area contributed by atoms with Crippen LogP contribution in [0.4, 0.5) is 0 Å². The predicted molar refractivity (Wildman–Crippen MR) is 89.7 cm³/mol. The lowest BCUT2D eigenvalue weighted by Gasteiger charge is -2.29. The number of H-pyrrole nitrogens is 2. The first kappa shape index (κ1) is 14.0. The molecule has 1 aliphatic rings. The second kappa shape index (κ2) is 5.22. The zero-order valence-corrected chi connectivity index (χ0v) is 12.7. The van der Waals surface area contributed by atoms with Gasteiger partial charge in [-0.15, -0.1) is 6.58 Å². The molecule has 0 aromatic carbocycles. The Labute approximate surface area is 131 Å². The monoisotopic (exact) mass is 310 g/mol. The summed E-state index contributed by atoms with van der Waals surface area (Å²) in [5, 5.41) is 1.28. The van der Waals surface area contributed by atoms with Crippen molar-refractivity contribution in [3.05, 3.63) is 52.0 Å². The molecule has 1 saturated carbocycles. The first-order valence-electron chi connectivity index (χ1n) is 7.92. The fourth-order valence-electron chi connectivity index (χ4n) is 3.69. The Kier molecular flexibility index (Phi) is 3.18. The second-order valence-electron chi connectivity index (χ2n) is 6.19. The third-order valence-electron chi connectivity index (χ3n) is 4.92. The fourth-order valence-corrected chi connectivity index (χ4v) is 3.69. The number of aromatic nitrogens is 4. The van der Waals surface area contributed by atoms with Gasteiger partial charge in [-0.05, 0) is 37.7 Å². The Hall–Kier alpha value is -2.63. The molecule has 0 atom stereocenters. The van der Waals surface area contributed by atoms with Crippen LogP contribution >= 0.6 is 0 Å². The maximum atomic E-state index is 12.5. The summed E-state index contributed by atoms with van der Waals surface area (Å²) >= 11 is 0. The van der Waals surface area contributed by atoms with Crippen molar-refractivity contribution in [3.63, 3.8) is 0 Å². The van der Waals surface area contributed by atoms with Crippen LogP contribution in [-0.2, 0) is 0 Å². The zero-order valence-electron chi connectivity index (χ0n) is 12.7. The summed E-state index contributed by atoms with van der Waals surface area (Å²) in [5.41, 5.74) is 0.665. The Bertz CT molecular complexity index is 1000. The molecule has 4 rings (SSSR count). The molecule has 23 heavy (non-hydrogen) atoms. The van der Waals surface area contributed by atoms with Crippen molar-refractivity contribution >= 4 is 21.9 Å². The van der Waals surface area contributed by atoms with E-state index in [1.165, 1.54) is 6.20 Å². The Morgan fingerprint density at radius 1 is 1.22 bits per heavy atom. The molecule has 0 amide bonds. The maximum absolute atomic E-state index is 12.5. The van der Waals surface area contributed by atoms with Crippen molar-refractivity contribution < 1.29 is 0 Å². The molecule has 0 saturated heterocycles. The molecule has 2 N–H and O–H groups in total. The van der Waals surface area contributed by atoms with Crippen molar-refractivity contribution in [2.75, 3.05) is 0 Å². The Balaban J connectivity index is 1.98. The number of fused-ring (bicyclic) bond motifs is 3. The van der Waals surface area contributed by atoms with E-state index in [0.29, 0.717) is 22.5 Å². The normalized spacial score (nSPS) is 21.7. The molecule has 3 aromatic heterocycles. The lowest BCUT2D eigenvalue weighted by molar-refractivity contribution is 0.307. The molecule has 3 heterocycles. The van der Waals surface area contributed by atoms with E-state index in [0.717, 1.165) is 31.1 Å². The smallest absolute Gasteiger partial charge is 0.329 e. The molecule has 6 nitrogen and oxygen atoms in total. The fraction of sp³-hybridized carbons (Fsp3) is 0.353. The first-order chi connectivity index (χ1) is 11.2. The van der Waals surface area contributed by atoms with Crippen LogP contribution in [0.3, 0.4) is 0 Å². The minimum Gasteiger partial charge on any atom is -0.346 e. The number of rotatable bonds is 2. The standard InChI is InChI=1S/C17H18N4O2/c1-2-10-3-5-11(6-4-10)21-14-12-7-8-18-15(12)19-9-13(14)16(22)20-17(21)23/h2,7-11H,1,3-6H2,(H,18,19)(H,20,22,23)/t10-,11-. The molecule has 1 aliphatic carbocycles. The van der Waals surface area contributed by atoms with Gasteiger partial charge in [0.1, 0.15) is 5.65 Å². The molecule has 118 valence electrons. The number of aromatic amines is 2. The number of hydrogen-bond donors (Lipinski definition) is 2. The molecule has 0 aliphatic heterocycles. The number of allylic oxidation sites excluding steroid dienone is 1. The van der Waals surface area contributed by atoms with Crippen LogP contribution < -0.4 is 11.2 Å². The first-order valence-corrected chi connectivity index (χ1v) is 7.92. The Morgan fingerprint density at radius 3 is 2.74 bits per heavy atom. The molecule has 3 aromatic rings. The van der Waals surface area contributed by atoms with Gasteiger partial charge in [0.05, 0.1) is 10.9 Å². The predicted octanol–water partition coefficient (Wildman–Crippen LogP) is 2.48. The van der Waals surface area contributed by atoms with Crippen molar-refractivity contribution in [2.45, 2.75) is 31.7 Å². The quantitative estimate of drug-likeness (QED) is 0.713. The molecule has 0 spiro atoms. The highest BCUT2D eigenvalue weighted by Gasteiger charge is 2.24. The zero-order chi connectivity index (χ0) is 16.0. The van der Waals surface area contributed by atoms with Crippen LogP contribution in [-0.4, -0.2) is 19.5 Å². The largest absolute Gasteiger partial charge is 0.346 e. The van der Waals surface area contributed by atoms with Crippen molar-refractivity contribution in [1.82, 2.24) is 19.5 Å². The lowest BCUT2D eigenvalue weighted by atomic mass is 9.86. The van der Waals surface area contributed by atoms with Gasteiger partial charge >= 0.3 is 5.69 Å². The molecule has 0 radical (unpaired) electrons. The van der Waals surface area contributed by atoms with Crippen LogP contribution in [0.2, 0.25) is 0 Å². The van der Waals surface area contributed by atoms with Gasteiger partial charge in [0, 0.05) is 23.8 Å². The van der Waals surface area contributed by atoms with Gasteiger partial charge in [-0.3, -0.25) is 14.3 Å². The Morgan fingerprint density at radius 2 is 2.00 bits per heavy atom. The highest BCUT2D eigenvalue weighted by molar-refractivity contribution is 6.01. The SMILES string of the molecule is C=C[C@H]1CC[C@H](n2c(=O)[nH]c(=O)c3cnc4[nH]ccc4c32)CC1. The minimum absolute atomic E-state index is 0.0959. The van der Waals surface area contributed by atoms with Gasteiger partial charge in [0.25, 0.3) is 5.56 Å². The summed E-state index contributed by atoms with van der Waals surface area (Å²) in [6.07, 6.45) is 9.17. The summed E-state index contributed by atoms with van der Waals surface area (Å²) in [4.78, 5) is 34.4. The van der Waals surface area contributed by atoms with Gasteiger partial charge in [-0.1, -0.05) is 6.08 Å². The van der Waals surface area contributed by atoms with Crippen molar-refractivity contribution in [3.8, 4) is 0 Å². The van der Waals surface area contributed by atoms with E-state index in [1.54, 1.807) is 10.8 Å². The van der Waals surface area contributed by atoms with E-state index in [-0.39, 0.29) is 17.3 Å². The van der Waals surface area contributed by atoms with Crippen molar-refractivity contribution in [1.29, 1.82) is 0 Å². The summed E-state index contributed by atoms with van der Waals surface area (Å²) < 4.78 is 1.76. The van der Waals surface area contributed by atoms with Crippen LogP contribution in [0.15, 0.2) is 40.7 Å².